The molecule has 0 aliphatic carbocycles. The van der Waals surface area contributed by atoms with Gasteiger partial charge in [-0.1, -0.05) is 24.3 Å². The Morgan fingerprint density at radius 1 is 1.00 bits per heavy atom. The highest BCUT2D eigenvalue weighted by atomic mass is 32.2. The molecule has 2 heterocycles. The number of nitrogens with zero attached hydrogens (tertiary/aromatic N) is 2. The number of rotatable bonds is 5. The topological polar surface area (TPSA) is 86.8 Å². The Kier molecular flexibility index (Phi) is 5.87. The molecule has 1 N–H and O–H groups in total. The van der Waals surface area contributed by atoms with Gasteiger partial charge in [0.05, 0.1) is 10.8 Å². The van der Waals surface area contributed by atoms with Crippen LogP contribution in [-0.2, 0) is 19.6 Å². The summed E-state index contributed by atoms with van der Waals surface area (Å²) in [6.07, 6.45) is 2.65. The van der Waals surface area contributed by atoms with Crippen LogP contribution in [0.25, 0.3) is 0 Å². The quantitative estimate of drug-likeness (QED) is 0.795. The van der Waals surface area contributed by atoms with Crippen LogP contribution in [0.5, 0.6) is 0 Å². The minimum absolute atomic E-state index is 0.0903. The lowest BCUT2D eigenvalue weighted by molar-refractivity contribution is -0.121. The summed E-state index contributed by atoms with van der Waals surface area (Å²) in [5.41, 5.74) is 1.38. The molecule has 2 fully saturated rings. The zero-order chi connectivity index (χ0) is 21.1. The number of nitrogens with one attached hydrogen (secondary N) is 1. The van der Waals surface area contributed by atoms with Crippen molar-refractivity contribution in [2.75, 3.05) is 29.9 Å². The molecule has 2 amide bonds. The largest absolute Gasteiger partial charge is 0.326 e. The van der Waals surface area contributed by atoms with Gasteiger partial charge in [-0.3, -0.25) is 9.59 Å². The molecule has 0 aromatic heterocycles. The Labute approximate surface area is 176 Å². The average Bonchev–Trinajstić information content (AvgIpc) is 3.20. The molecular weight excluding hydrogens is 402 g/mol. The van der Waals surface area contributed by atoms with Crippen LogP contribution in [0.4, 0.5) is 11.4 Å². The number of piperidine rings is 1. The van der Waals surface area contributed by atoms with E-state index in [9.17, 15) is 18.0 Å². The number of hydrogen-bond donors (Lipinski definition) is 1. The highest BCUT2D eigenvalue weighted by molar-refractivity contribution is 7.89. The molecule has 7 nitrogen and oxygen atoms in total. The molecule has 0 unspecified atom stereocenters. The van der Waals surface area contributed by atoms with E-state index < -0.39 is 15.9 Å². The molecule has 2 aromatic rings. The van der Waals surface area contributed by atoms with Crippen molar-refractivity contribution in [3.05, 3.63) is 54.6 Å². The van der Waals surface area contributed by atoms with E-state index in [4.69, 9.17) is 0 Å². The second kappa shape index (κ2) is 8.57. The maximum Gasteiger partial charge on any atom is 0.243 e. The van der Waals surface area contributed by atoms with Crippen molar-refractivity contribution in [3.63, 3.8) is 0 Å². The van der Waals surface area contributed by atoms with Crippen LogP contribution < -0.4 is 10.2 Å². The second-order valence-electron chi connectivity index (χ2n) is 7.70. The van der Waals surface area contributed by atoms with Gasteiger partial charge in [0.1, 0.15) is 0 Å². The summed E-state index contributed by atoms with van der Waals surface area (Å²) in [6.45, 7) is 1.26. The van der Waals surface area contributed by atoms with Crippen LogP contribution in [0.2, 0.25) is 0 Å². The first kappa shape index (κ1) is 20.6. The van der Waals surface area contributed by atoms with E-state index in [1.165, 1.54) is 4.31 Å². The number of anilines is 2. The Balaban J connectivity index is 1.45. The molecular formula is C22H25N3O4S. The molecule has 2 aliphatic rings. The smallest absolute Gasteiger partial charge is 0.243 e. The summed E-state index contributed by atoms with van der Waals surface area (Å²) < 4.78 is 27.2. The first-order valence-electron chi connectivity index (χ1n) is 10.2. The number of amides is 2. The normalized spacial score (nSPS) is 20.3. The SMILES string of the molecule is O=C(Nc1cccc(N2CCCC2=O)c1)[C@@H]1CCCN(S(=O)(=O)c2ccccc2)C1. The summed E-state index contributed by atoms with van der Waals surface area (Å²) in [7, 11) is -3.62. The lowest BCUT2D eigenvalue weighted by atomic mass is 9.98. The highest BCUT2D eigenvalue weighted by Crippen LogP contribution is 2.27. The third kappa shape index (κ3) is 4.24. The molecule has 2 aromatic carbocycles. The summed E-state index contributed by atoms with van der Waals surface area (Å²) in [5, 5.41) is 2.90. The fraction of sp³-hybridized carbons (Fsp3) is 0.364. The predicted molar refractivity (Wildman–Crippen MR) is 115 cm³/mol. The van der Waals surface area contributed by atoms with Crippen LogP contribution in [-0.4, -0.2) is 44.2 Å². The van der Waals surface area contributed by atoms with Crippen molar-refractivity contribution in [1.29, 1.82) is 0 Å². The number of hydrogen-bond acceptors (Lipinski definition) is 4. The zero-order valence-electron chi connectivity index (χ0n) is 16.7. The molecule has 2 saturated heterocycles. The van der Waals surface area contributed by atoms with E-state index in [0.29, 0.717) is 38.0 Å². The third-order valence-corrected chi connectivity index (χ3v) is 7.51. The maximum atomic E-state index is 12.9. The number of carbonyl (C=O) groups excluding carboxylic acids is 2. The minimum Gasteiger partial charge on any atom is -0.326 e. The van der Waals surface area contributed by atoms with Gasteiger partial charge >= 0.3 is 0 Å². The molecule has 158 valence electrons. The van der Waals surface area contributed by atoms with Crippen molar-refractivity contribution in [2.45, 2.75) is 30.6 Å². The van der Waals surface area contributed by atoms with Crippen molar-refractivity contribution < 1.29 is 18.0 Å². The van der Waals surface area contributed by atoms with Crippen LogP contribution >= 0.6 is 0 Å². The van der Waals surface area contributed by atoms with Gasteiger partial charge in [-0.2, -0.15) is 4.31 Å². The van der Waals surface area contributed by atoms with Crippen LogP contribution in [0.1, 0.15) is 25.7 Å². The van der Waals surface area contributed by atoms with Crippen LogP contribution in [0.15, 0.2) is 59.5 Å². The summed E-state index contributed by atoms with van der Waals surface area (Å²) in [4.78, 5) is 26.8. The Hall–Kier alpha value is -2.71. The highest BCUT2D eigenvalue weighted by Gasteiger charge is 2.33. The van der Waals surface area contributed by atoms with Gasteiger partial charge in [0.25, 0.3) is 0 Å². The van der Waals surface area contributed by atoms with Gasteiger partial charge in [0, 0.05) is 37.4 Å². The fourth-order valence-corrected chi connectivity index (χ4v) is 5.58. The third-order valence-electron chi connectivity index (χ3n) is 5.63. The van der Waals surface area contributed by atoms with E-state index in [-0.39, 0.29) is 23.3 Å². The van der Waals surface area contributed by atoms with E-state index in [2.05, 4.69) is 5.32 Å². The second-order valence-corrected chi connectivity index (χ2v) is 9.64. The fourth-order valence-electron chi connectivity index (χ4n) is 4.03. The first-order valence-corrected chi connectivity index (χ1v) is 11.7. The first-order chi connectivity index (χ1) is 14.4. The van der Waals surface area contributed by atoms with Gasteiger partial charge in [-0.05, 0) is 49.6 Å². The Morgan fingerprint density at radius 2 is 1.80 bits per heavy atom. The molecule has 30 heavy (non-hydrogen) atoms. The molecule has 2 aliphatic heterocycles. The standard InChI is InChI=1S/C22H25N3O4S/c26-21-12-6-14-25(21)19-9-4-8-18(15-19)23-22(27)17-7-5-13-24(16-17)30(28,29)20-10-2-1-3-11-20/h1-4,8-11,15,17H,5-7,12-14,16H2,(H,23,27)/t17-/m1/s1. The van der Waals surface area contributed by atoms with Crippen molar-refractivity contribution in [1.82, 2.24) is 4.31 Å². The van der Waals surface area contributed by atoms with E-state index in [1.807, 2.05) is 12.1 Å². The minimum atomic E-state index is -3.62. The average molecular weight is 428 g/mol. The lowest BCUT2D eigenvalue weighted by Crippen LogP contribution is -2.43. The lowest BCUT2D eigenvalue weighted by Gasteiger charge is -2.31. The van der Waals surface area contributed by atoms with Crippen LogP contribution in [0.3, 0.4) is 0 Å². The molecule has 0 radical (unpaired) electrons. The molecule has 0 saturated carbocycles. The predicted octanol–water partition coefficient (Wildman–Crippen LogP) is 2.85. The van der Waals surface area contributed by atoms with Gasteiger partial charge in [0.2, 0.25) is 21.8 Å². The van der Waals surface area contributed by atoms with Gasteiger partial charge < -0.3 is 10.2 Å². The molecule has 0 spiro atoms. The molecule has 4 rings (SSSR count). The maximum absolute atomic E-state index is 12.9. The number of carbonyl (C=O) groups is 2. The van der Waals surface area contributed by atoms with Gasteiger partial charge in [0.15, 0.2) is 0 Å². The number of benzene rings is 2. The van der Waals surface area contributed by atoms with E-state index in [1.54, 1.807) is 47.4 Å². The van der Waals surface area contributed by atoms with Crippen molar-refractivity contribution in [3.8, 4) is 0 Å². The Morgan fingerprint density at radius 3 is 2.53 bits per heavy atom. The van der Waals surface area contributed by atoms with E-state index >= 15 is 0 Å². The molecule has 8 heteroatoms. The molecule has 1 atom stereocenters. The van der Waals surface area contributed by atoms with Crippen LogP contribution in [0, 0.1) is 5.92 Å². The molecule has 0 bridgehead atoms. The summed E-state index contributed by atoms with van der Waals surface area (Å²) in [6, 6.07) is 15.5. The number of sulfonamides is 1. The Bertz CT molecular complexity index is 1040. The summed E-state index contributed by atoms with van der Waals surface area (Å²) >= 11 is 0. The van der Waals surface area contributed by atoms with Crippen molar-refractivity contribution >= 4 is 33.2 Å². The van der Waals surface area contributed by atoms with E-state index in [0.717, 1.165) is 12.1 Å². The van der Waals surface area contributed by atoms with Gasteiger partial charge in [-0.25, -0.2) is 8.42 Å². The summed E-state index contributed by atoms with van der Waals surface area (Å²) in [5.74, 6) is -0.533. The monoisotopic (exact) mass is 427 g/mol. The van der Waals surface area contributed by atoms with Gasteiger partial charge in [-0.15, -0.1) is 0 Å². The zero-order valence-corrected chi connectivity index (χ0v) is 17.5. The van der Waals surface area contributed by atoms with Crippen molar-refractivity contribution in [2.24, 2.45) is 5.92 Å².